The lowest BCUT2D eigenvalue weighted by molar-refractivity contribution is 0.193. The van der Waals surface area contributed by atoms with Crippen molar-refractivity contribution in [3.05, 3.63) is 59.0 Å². The van der Waals surface area contributed by atoms with E-state index in [4.69, 9.17) is 16.0 Å². The fraction of sp³-hybridized carbons (Fsp3) is 0.267. The highest BCUT2D eigenvalue weighted by atomic mass is 35.5. The number of furan rings is 1. The lowest BCUT2D eigenvalue weighted by Gasteiger charge is -2.25. The van der Waals surface area contributed by atoms with Gasteiger partial charge in [0.05, 0.1) is 18.8 Å². The van der Waals surface area contributed by atoms with Gasteiger partial charge < -0.3 is 14.6 Å². The van der Waals surface area contributed by atoms with E-state index in [1.165, 1.54) is 0 Å². The van der Waals surface area contributed by atoms with Gasteiger partial charge in [-0.3, -0.25) is 0 Å². The molecule has 0 aliphatic carbocycles. The average Bonchev–Trinajstić information content (AvgIpc) is 2.97. The fourth-order valence-electron chi connectivity index (χ4n) is 1.84. The van der Waals surface area contributed by atoms with E-state index in [-0.39, 0.29) is 12.1 Å². The maximum absolute atomic E-state index is 12.1. The molecule has 20 heavy (non-hydrogen) atoms. The minimum atomic E-state index is -0.149. The topological polar surface area (TPSA) is 45.5 Å². The van der Waals surface area contributed by atoms with E-state index in [0.29, 0.717) is 11.6 Å². The summed E-state index contributed by atoms with van der Waals surface area (Å²) in [6, 6.07) is 10.9. The highest BCUT2D eigenvalue weighted by Gasteiger charge is 2.17. The SMILES string of the molecule is CC(c1ccc(Cl)cc1)N(C)C(=O)NCc1ccco1. The summed E-state index contributed by atoms with van der Waals surface area (Å²) in [6.45, 7) is 2.35. The first-order valence-electron chi connectivity index (χ1n) is 6.36. The first-order chi connectivity index (χ1) is 9.58. The third kappa shape index (κ3) is 3.54. The van der Waals surface area contributed by atoms with Crippen LogP contribution in [0.1, 0.15) is 24.3 Å². The number of benzene rings is 1. The Balaban J connectivity index is 1.93. The summed E-state index contributed by atoms with van der Waals surface area (Å²) in [5.41, 5.74) is 1.03. The molecule has 0 radical (unpaired) electrons. The zero-order valence-corrected chi connectivity index (χ0v) is 12.2. The number of urea groups is 1. The number of nitrogens with one attached hydrogen (secondary N) is 1. The van der Waals surface area contributed by atoms with E-state index in [0.717, 1.165) is 11.3 Å². The third-order valence-corrected chi connectivity index (χ3v) is 3.50. The highest BCUT2D eigenvalue weighted by Crippen LogP contribution is 2.20. The molecule has 1 aromatic heterocycles. The van der Waals surface area contributed by atoms with Gasteiger partial charge >= 0.3 is 6.03 Å². The van der Waals surface area contributed by atoms with Gasteiger partial charge in [-0.2, -0.15) is 0 Å². The van der Waals surface area contributed by atoms with Gasteiger partial charge in [-0.25, -0.2) is 4.79 Å². The smallest absolute Gasteiger partial charge is 0.318 e. The van der Waals surface area contributed by atoms with E-state index >= 15 is 0 Å². The molecule has 0 bridgehead atoms. The molecule has 5 heteroatoms. The molecule has 0 saturated heterocycles. The van der Waals surface area contributed by atoms with Crippen molar-refractivity contribution in [3.63, 3.8) is 0 Å². The molecule has 106 valence electrons. The summed E-state index contributed by atoms with van der Waals surface area (Å²) in [5, 5.41) is 3.50. The molecule has 1 atom stereocenters. The van der Waals surface area contributed by atoms with Crippen LogP contribution < -0.4 is 5.32 Å². The Morgan fingerprint density at radius 1 is 1.35 bits per heavy atom. The van der Waals surface area contributed by atoms with Gasteiger partial charge in [0.15, 0.2) is 0 Å². The van der Waals surface area contributed by atoms with Gasteiger partial charge in [-0.1, -0.05) is 23.7 Å². The molecule has 1 unspecified atom stereocenters. The lowest BCUT2D eigenvalue weighted by atomic mass is 10.1. The minimum absolute atomic E-state index is 0.0381. The number of rotatable bonds is 4. The zero-order chi connectivity index (χ0) is 14.5. The van der Waals surface area contributed by atoms with Crippen LogP contribution in [0.2, 0.25) is 5.02 Å². The molecule has 0 fully saturated rings. The Bertz CT molecular complexity index is 552. The number of hydrogen-bond donors (Lipinski definition) is 1. The van der Waals surface area contributed by atoms with Crippen molar-refractivity contribution in [2.24, 2.45) is 0 Å². The molecule has 1 aromatic carbocycles. The Morgan fingerprint density at radius 3 is 2.65 bits per heavy atom. The number of halogens is 1. The molecule has 1 N–H and O–H groups in total. The zero-order valence-electron chi connectivity index (χ0n) is 11.5. The van der Waals surface area contributed by atoms with Crippen molar-refractivity contribution in [2.75, 3.05) is 7.05 Å². The molecular formula is C15H17ClN2O2. The molecule has 0 aliphatic heterocycles. The van der Waals surface area contributed by atoms with Crippen LogP contribution in [0.4, 0.5) is 4.79 Å². The number of nitrogens with zero attached hydrogens (tertiary/aromatic N) is 1. The van der Waals surface area contributed by atoms with E-state index in [1.807, 2.05) is 37.3 Å². The molecule has 2 amide bonds. The molecular weight excluding hydrogens is 276 g/mol. The van der Waals surface area contributed by atoms with E-state index in [1.54, 1.807) is 24.3 Å². The van der Waals surface area contributed by atoms with E-state index in [2.05, 4.69) is 5.32 Å². The van der Waals surface area contributed by atoms with Gasteiger partial charge in [0.2, 0.25) is 0 Å². The molecule has 0 saturated carbocycles. The van der Waals surface area contributed by atoms with Gasteiger partial charge in [-0.15, -0.1) is 0 Å². The number of carbonyl (C=O) groups excluding carboxylic acids is 1. The van der Waals surface area contributed by atoms with Crippen molar-refractivity contribution in [1.82, 2.24) is 10.2 Å². The normalized spacial score (nSPS) is 11.9. The van der Waals surface area contributed by atoms with Gasteiger partial charge in [0, 0.05) is 12.1 Å². The van der Waals surface area contributed by atoms with Crippen LogP contribution >= 0.6 is 11.6 Å². The van der Waals surface area contributed by atoms with E-state index < -0.39 is 0 Å². The Morgan fingerprint density at radius 2 is 2.05 bits per heavy atom. The summed E-state index contributed by atoms with van der Waals surface area (Å²) in [5.74, 6) is 0.728. The number of amides is 2. The van der Waals surface area contributed by atoms with Crippen molar-refractivity contribution in [3.8, 4) is 0 Å². The molecule has 0 aliphatic rings. The minimum Gasteiger partial charge on any atom is -0.467 e. The second-order valence-corrected chi connectivity index (χ2v) is 5.01. The molecule has 1 heterocycles. The molecule has 2 aromatic rings. The van der Waals surface area contributed by atoms with Crippen molar-refractivity contribution >= 4 is 17.6 Å². The molecule has 2 rings (SSSR count). The second kappa shape index (κ2) is 6.48. The Labute approximate surface area is 123 Å². The predicted octanol–water partition coefficient (Wildman–Crippen LogP) is 3.84. The summed E-state index contributed by atoms with van der Waals surface area (Å²) in [7, 11) is 1.76. The van der Waals surface area contributed by atoms with Crippen LogP contribution in [0.25, 0.3) is 0 Å². The van der Waals surface area contributed by atoms with Crippen LogP contribution in [-0.2, 0) is 6.54 Å². The first kappa shape index (κ1) is 14.5. The quantitative estimate of drug-likeness (QED) is 0.930. The molecule has 0 spiro atoms. The maximum Gasteiger partial charge on any atom is 0.318 e. The van der Waals surface area contributed by atoms with Crippen molar-refractivity contribution in [2.45, 2.75) is 19.5 Å². The predicted molar refractivity (Wildman–Crippen MR) is 78.6 cm³/mol. The monoisotopic (exact) mass is 292 g/mol. The Kier molecular flexibility index (Phi) is 4.69. The summed E-state index contributed by atoms with van der Waals surface area (Å²) >= 11 is 5.86. The summed E-state index contributed by atoms with van der Waals surface area (Å²) in [4.78, 5) is 13.7. The standard InChI is InChI=1S/C15H17ClN2O2/c1-11(12-5-7-13(16)8-6-12)18(2)15(19)17-10-14-4-3-9-20-14/h3-9,11H,10H2,1-2H3,(H,17,19). The van der Waals surface area contributed by atoms with Crippen LogP contribution in [0.5, 0.6) is 0 Å². The largest absolute Gasteiger partial charge is 0.467 e. The van der Waals surface area contributed by atoms with Crippen LogP contribution in [0.15, 0.2) is 47.1 Å². The lowest BCUT2D eigenvalue weighted by Crippen LogP contribution is -2.38. The number of carbonyl (C=O) groups is 1. The van der Waals surface area contributed by atoms with Gasteiger partial charge in [0.1, 0.15) is 5.76 Å². The second-order valence-electron chi connectivity index (χ2n) is 4.58. The van der Waals surface area contributed by atoms with Crippen molar-refractivity contribution in [1.29, 1.82) is 0 Å². The maximum atomic E-state index is 12.1. The summed E-state index contributed by atoms with van der Waals surface area (Å²) < 4.78 is 5.17. The average molecular weight is 293 g/mol. The third-order valence-electron chi connectivity index (χ3n) is 3.25. The van der Waals surface area contributed by atoms with Crippen LogP contribution in [0.3, 0.4) is 0 Å². The summed E-state index contributed by atoms with van der Waals surface area (Å²) in [6.07, 6.45) is 1.58. The Hall–Kier alpha value is -1.94. The highest BCUT2D eigenvalue weighted by molar-refractivity contribution is 6.30. The molecule has 4 nitrogen and oxygen atoms in total. The first-order valence-corrected chi connectivity index (χ1v) is 6.74. The van der Waals surface area contributed by atoms with Gasteiger partial charge in [0.25, 0.3) is 0 Å². The number of hydrogen-bond acceptors (Lipinski definition) is 2. The van der Waals surface area contributed by atoms with Crippen LogP contribution in [0, 0.1) is 0 Å². The van der Waals surface area contributed by atoms with Gasteiger partial charge in [-0.05, 0) is 36.8 Å². The van der Waals surface area contributed by atoms with E-state index in [9.17, 15) is 4.79 Å². The van der Waals surface area contributed by atoms with Crippen molar-refractivity contribution < 1.29 is 9.21 Å². The van der Waals surface area contributed by atoms with Crippen LogP contribution in [-0.4, -0.2) is 18.0 Å². The fourth-order valence-corrected chi connectivity index (χ4v) is 1.97.